The molecule has 2 fully saturated rings. The van der Waals surface area contributed by atoms with Crippen LogP contribution in [0.2, 0.25) is 0 Å². The molecule has 0 radical (unpaired) electrons. The van der Waals surface area contributed by atoms with E-state index in [1.165, 1.54) is 24.0 Å². The standard InChI is InChI=1S/C22H21ClF4N2O3S/c1-3-19(24)20(12-14(2)23)33(31,32)29-10-8-28(9-11-29)21(30)18-13-17(18)15-4-6-16(7-5-15)22(25,26)27/h1,4-7,12,17-18H,8-11,13H2,2H3/b14-12+,20-19-/t17-,18-/m0/s1. The van der Waals surface area contributed by atoms with Gasteiger partial charge in [-0.1, -0.05) is 23.7 Å². The SMILES string of the molecule is C#C/C(F)=C(\C=C(/C)Cl)S(=O)(=O)N1CCN(C(=O)[C@H]2C[C@H]2c2ccc(C(F)(F)F)cc2)CC1. The number of hydrogen-bond acceptors (Lipinski definition) is 3. The Morgan fingerprint density at radius 3 is 2.24 bits per heavy atom. The van der Waals surface area contributed by atoms with Crippen molar-refractivity contribution < 1.29 is 30.8 Å². The lowest BCUT2D eigenvalue weighted by atomic mass is 10.1. The van der Waals surface area contributed by atoms with E-state index in [1.807, 2.05) is 0 Å². The summed E-state index contributed by atoms with van der Waals surface area (Å²) in [6, 6.07) is 4.75. The van der Waals surface area contributed by atoms with E-state index in [-0.39, 0.29) is 49.0 Å². The third-order valence-electron chi connectivity index (χ3n) is 5.61. The molecule has 1 aliphatic carbocycles. The minimum atomic E-state index is -4.42. The number of sulfonamides is 1. The van der Waals surface area contributed by atoms with Crippen LogP contribution >= 0.6 is 11.6 Å². The first-order valence-corrected chi connectivity index (χ1v) is 11.8. The molecule has 3 rings (SSSR count). The highest BCUT2D eigenvalue weighted by Gasteiger charge is 2.47. The molecular weight excluding hydrogens is 484 g/mol. The number of benzene rings is 1. The van der Waals surface area contributed by atoms with Gasteiger partial charge >= 0.3 is 6.18 Å². The molecule has 11 heteroatoms. The Kier molecular flexibility index (Phi) is 7.27. The fourth-order valence-electron chi connectivity index (χ4n) is 3.78. The van der Waals surface area contributed by atoms with Gasteiger partial charge < -0.3 is 4.90 Å². The monoisotopic (exact) mass is 504 g/mol. The number of carbonyl (C=O) groups excluding carboxylic acids is 1. The molecule has 0 N–H and O–H groups in total. The molecule has 0 bridgehead atoms. The number of piperazine rings is 1. The van der Waals surface area contributed by atoms with Crippen LogP contribution in [0.4, 0.5) is 17.6 Å². The molecule has 5 nitrogen and oxygen atoms in total. The molecule has 1 aromatic rings. The van der Waals surface area contributed by atoms with E-state index in [4.69, 9.17) is 18.0 Å². The van der Waals surface area contributed by atoms with Gasteiger partial charge in [-0.2, -0.15) is 21.9 Å². The summed E-state index contributed by atoms with van der Waals surface area (Å²) >= 11 is 5.72. The summed E-state index contributed by atoms with van der Waals surface area (Å²) < 4.78 is 78.9. The van der Waals surface area contributed by atoms with Crippen molar-refractivity contribution in [3.05, 3.63) is 57.2 Å². The predicted octanol–water partition coefficient (Wildman–Crippen LogP) is 4.24. The summed E-state index contributed by atoms with van der Waals surface area (Å²) in [4.78, 5) is 13.6. The van der Waals surface area contributed by atoms with E-state index in [0.717, 1.165) is 22.5 Å². The number of halogens is 5. The van der Waals surface area contributed by atoms with Crippen LogP contribution in [0.1, 0.15) is 30.4 Å². The Labute approximate surface area is 194 Å². The quantitative estimate of drug-likeness (QED) is 0.342. The molecule has 2 aliphatic rings. The van der Waals surface area contributed by atoms with E-state index in [0.29, 0.717) is 12.0 Å². The number of amides is 1. The molecule has 1 heterocycles. The molecule has 2 atom stereocenters. The first kappa shape index (κ1) is 25.3. The van der Waals surface area contributed by atoms with Crippen molar-refractivity contribution in [2.24, 2.45) is 5.92 Å². The second-order valence-corrected chi connectivity index (χ2v) is 10.4. The highest BCUT2D eigenvalue weighted by atomic mass is 35.5. The zero-order chi connectivity index (χ0) is 24.6. The molecule has 0 spiro atoms. The second kappa shape index (κ2) is 9.49. The maximum absolute atomic E-state index is 14.0. The van der Waals surface area contributed by atoms with Gasteiger partial charge in [0.15, 0.2) is 5.83 Å². The molecule has 1 aliphatic heterocycles. The highest BCUT2D eigenvalue weighted by Crippen LogP contribution is 2.49. The van der Waals surface area contributed by atoms with Gasteiger partial charge in [-0.05, 0) is 49.0 Å². The highest BCUT2D eigenvalue weighted by molar-refractivity contribution is 7.93. The third kappa shape index (κ3) is 5.60. The topological polar surface area (TPSA) is 57.7 Å². The van der Waals surface area contributed by atoms with Gasteiger partial charge in [0.05, 0.1) is 5.56 Å². The average Bonchev–Trinajstić information content (AvgIpc) is 3.57. The maximum atomic E-state index is 14.0. The molecule has 1 saturated carbocycles. The van der Waals surface area contributed by atoms with Crippen molar-refractivity contribution >= 4 is 27.5 Å². The van der Waals surface area contributed by atoms with Crippen molar-refractivity contribution in [3.63, 3.8) is 0 Å². The molecule has 1 aromatic carbocycles. The minimum absolute atomic E-state index is 0.0378. The number of alkyl halides is 3. The fraction of sp³-hybridized carbons (Fsp3) is 0.409. The summed E-state index contributed by atoms with van der Waals surface area (Å²) in [6.45, 7) is 1.48. The molecule has 33 heavy (non-hydrogen) atoms. The van der Waals surface area contributed by atoms with Gasteiger partial charge in [0.1, 0.15) is 4.91 Å². The van der Waals surface area contributed by atoms with Gasteiger partial charge in [0.2, 0.25) is 15.9 Å². The molecule has 0 aromatic heterocycles. The van der Waals surface area contributed by atoms with Crippen LogP contribution in [0.5, 0.6) is 0 Å². The number of allylic oxidation sites excluding steroid dienone is 3. The Hall–Kier alpha value is -2.35. The Morgan fingerprint density at radius 1 is 1.18 bits per heavy atom. The van der Waals surface area contributed by atoms with E-state index in [9.17, 15) is 30.8 Å². The normalized spacial score (nSPS) is 23.1. The number of carbonyl (C=O) groups is 1. The van der Waals surface area contributed by atoms with Crippen molar-refractivity contribution in [3.8, 4) is 12.3 Å². The molecule has 0 unspecified atom stereocenters. The van der Waals surface area contributed by atoms with Crippen LogP contribution in [-0.2, 0) is 21.0 Å². The average molecular weight is 505 g/mol. The molecular formula is C22H21ClF4N2O3S. The summed E-state index contributed by atoms with van der Waals surface area (Å²) in [5, 5.41) is 0.0378. The smallest absolute Gasteiger partial charge is 0.340 e. The Morgan fingerprint density at radius 2 is 1.76 bits per heavy atom. The lowest BCUT2D eigenvalue weighted by molar-refractivity contribution is -0.137. The Bertz CT molecular complexity index is 1130. The van der Waals surface area contributed by atoms with E-state index in [2.05, 4.69) is 0 Å². The zero-order valence-electron chi connectivity index (χ0n) is 17.6. The van der Waals surface area contributed by atoms with Crippen molar-refractivity contribution in [1.29, 1.82) is 0 Å². The molecule has 178 valence electrons. The largest absolute Gasteiger partial charge is 0.416 e. The summed E-state index contributed by atoms with van der Waals surface area (Å²) in [7, 11) is -4.25. The van der Waals surface area contributed by atoms with Gasteiger partial charge in [0, 0.05) is 37.1 Å². The van der Waals surface area contributed by atoms with Crippen LogP contribution < -0.4 is 0 Å². The number of rotatable bonds is 5. The summed E-state index contributed by atoms with van der Waals surface area (Å²) in [5.74, 6) is -0.294. The number of terminal acetylenes is 1. The van der Waals surface area contributed by atoms with Crippen LogP contribution in [0.15, 0.2) is 46.1 Å². The summed E-state index contributed by atoms with van der Waals surface area (Å²) in [5.41, 5.74) is -0.0914. The molecule has 1 amide bonds. The second-order valence-electron chi connectivity index (χ2n) is 7.85. The fourth-order valence-corrected chi connectivity index (χ4v) is 5.49. The first-order chi connectivity index (χ1) is 15.4. The maximum Gasteiger partial charge on any atom is 0.416 e. The van der Waals surface area contributed by atoms with Crippen LogP contribution in [0, 0.1) is 18.3 Å². The first-order valence-electron chi connectivity index (χ1n) is 10.0. The van der Waals surface area contributed by atoms with Gasteiger partial charge in [-0.25, -0.2) is 8.42 Å². The van der Waals surface area contributed by atoms with Gasteiger partial charge in [0.25, 0.3) is 0 Å². The lowest BCUT2D eigenvalue weighted by Crippen LogP contribution is -2.51. The van der Waals surface area contributed by atoms with Crippen molar-refractivity contribution in [1.82, 2.24) is 9.21 Å². The number of nitrogens with zero attached hydrogens (tertiary/aromatic N) is 2. The number of hydrogen-bond donors (Lipinski definition) is 0. The van der Waals surface area contributed by atoms with E-state index in [1.54, 1.807) is 5.92 Å². The zero-order valence-corrected chi connectivity index (χ0v) is 19.1. The summed E-state index contributed by atoms with van der Waals surface area (Å²) in [6.07, 6.45) is 2.06. The minimum Gasteiger partial charge on any atom is -0.340 e. The van der Waals surface area contributed by atoms with Crippen molar-refractivity contribution in [2.75, 3.05) is 26.2 Å². The third-order valence-corrected chi connectivity index (χ3v) is 7.62. The Balaban J connectivity index is 1.63. The van der Waals surface area contributed by atoms with Crippen LogP contribution in [-0.4, -0.2) is 49.7 Å². The predicted molar refractivity (Wildman–Crippen MR) is 116 cm³/mol. The van der Waals surface area contributed by atoms with Gasteiger partial charge in [-0.15, -0.1) is 6.42 Å². The van der Waals surface area contributed by atoms with E-state index < -0.39 is 32.5 Å². The lowest BCUT2D eigenvalue weighted by Gasteiger charge is -2.34. The van der Waals surface area contributed by atoms with E-state index >= 15 is 0 Å². The van der Waals surface area contributed by atoms with Crippen LogP contribution in [0.25, 0.3) is 0 Å². The van der Waals surface area contributed by atoms with Crippen LogP contribution in [0.3, 0.4) is 0 Å². The van der Waals surface area contributed by atoms with Gasteiger partial charge in [-0.3, -0.25) is 4.79 Å². The molecule has 1 saturated heterocycles. The van der Waals surface area contributed by atoms with Crippen molar-refractivity contribution in [2.45, 2.75) is 25.4 Å².